The van der Waals surface area contributed by atoms with E-state index >= 15 is 0 Å². The van der Waals surface area contributed by atoms with Crippen molar-refractivity contribution in [2.24, 2.45) is 5.92 Å². The number of rotatable bonds is 3. The standard InChI is InChI=1S/C9H19ClNSi.2C2H6N.CH3.Hf/c1-11-12(2,3)7-8-5-4-6-9(8)10;2*1-3-2;;/h8-9H,4-7H2,1-3H3;2*1-2H3;1H3;/q4*-1;+4. The minimum atomic E-state index is -1.24. The molecule has 1 aliphatic carbocycles. The van der Waals surface area contributed by atoms with Crippen molar-refractivity contribution in [3.63, 3.8) is 0 Å². The molecule has 0 saturated heterocycles. The molecular formula is C14H34ClHfN3Si. The average Bonchev–Trinajstić information content (AvgIpc) is 2.66. The molecule has 2 unspecified atom stereocenters. The summed E-state index contributed by atoms with van der Waals surface area (Å²) >= 11 is 6.22. The second-order valence-electron chi connectivity index (χ2n) is 5.34. The van der Waals surface area contributed by atoms with E-state index in [1.54, 1.807) is 28.2 Å². The number of hydrogen-bond donors (Lipinski definition) is 0. The van der Waals surface area contributed by atoms with Gasteiger partial charge in [-0.1, -0.05) is 33.8 Å². The number of nitrogens with zero attached hydrogens (tertiary/aromatic N) is 3. The van der Waals surface area contributed by atoms with Crippen LogP contribution in [0, 0.1) is 13.3 Å². The molecule has 120 valence electrons. The molecule has 20 heavy (non-hydrogen) atoms. The molecular weight excluding hydrogens is 452 g/mol. The van der Waals surface area contributed by atoms with Crippen LogP contribution in [0.25, 0.3) is 15.6 Å². The summed E-state index contributed by atoms with van der Waals surface area (Å²) in [4.78, 5) is 4.50. The quantitative estimate of drug-likeness (QED) is 0.296. The van der Waals surface area contributed by atoms with Gasteiger partial charge in [-0.15, -0.1) is 11.6 Å². The molecule has 0 aromatic carbocycles. The van der Waals surface area contributed by atoms with Crippen LogP contribution in [0.15, 0.2) is 0 Å². The summed E-state index contributed by atoms with van der Waals surface area (Å²) in [5.41, 5.74) is 0. The topological polar surface area (TPSA) is 42.3 Å². The smallest absolute Gasteiger partial charge is 0.668 e. The molecule has 1 aliphatic rings. The van der Waals surface area contributed by atoms with Gasteiger partial charge in [0.25, 0.3) is 0 Å². The maximum atomic E-state index is 6.22. The fourth-order valence-corrected chi connectivity index (χ4v) is 4.43. The van der Waals surface area contributed by atoms with E-state index in [1.807, 2.05) is 7.05 Å². The first-order valence-corrected chi connectivity index (χ1v) is 10.2. The Bertz CT molecular complexity index is 184. The summed E-state index contributed by atoms with van der Waals surface area (Å²) in [6.45, 7) is 4.66. The third kappa shape index (κ3) is 17.3. The van der Waals surface area contributed by atoms with Gasteiger partial charge in [0.05, 0.1) is 0 Å². The molecule has 0 aromatic heterocycles. The zero-order chi connectivity index (χ0) is 14.6. The molecule has 6 heteroatoms. The first-order valence-electron chi connectivity index (χ1n) is 6.59. The molecule has 1 fully saturated rings. The Kier molecular flexibility index (Phi) is 26.8. The van der Waals surface area contributed by atoms with Crippen LogP contribution >= 0.6 is 11.6 Å². The molecule has 0 amide bonds. The summed E-state index contributed by atoms with van der Waals surface area (Å²) in [5.74, 6) is 0.761. The van der Waals surface area contributed by atoms with E-state index in [-0.39, 0.29) is 33.3 Å². The Balaban J connectivity index is -0.000000139. The molecule has 0 heterocycles. The third-order valence-electron chi connectivity index (χ3n) is 2.93. The Morgan fingerprint density at radius 2 is 1.40 bits per heavy atom. The fraction of sp³-hybridized carbons (Fsp3) is 0.929. The number of halogens is 1. The van der Waals surface area contributed by atoms with Crippen LogP contribution in [0.1, 0.15) is 19.3 Å². The van der Waals surface area contributed by atoms with Gasteiger partial charge < -0.3 is 23.0 Å². The molecule has 3 nitrogen and oxygen atoms in total. The van der Waals surface area contributed by atoms with Gasteiger partial charge in [-0.05, 0) is 18.8 Å². The SMILES string of the molecule is C[N-]C.C[N-]C.C[N-][Si](C)(C)CC1CCCC1Cl.[CH3-].[Hf+4]. The van der Waals surface area contributed by atoms with Crippen molar-refractivity contribution >= 4 is 19.8 Å². The maximum absolute atomic E-state index is 6.22. The Hall–Kier alpha value is 1.26. The third-order valence-corrected chi connectivity index (χ3v) is 6.24. The number of hydrogen-bond acceptors (Lipinski definition) is 0. The van der Waals surface area contributed by atoms with E-state index < -0.39 is 8.24 Å². The molecule has 0 bridgehead atoms. The normalized spacial score (nSPS) is 20.4. The Morgan fingerprint density at radius 1 is 1.00 bits per heavy atom. The molecule has 1 saturated carbocycles. The summed E-state index contributed by atoms with van der Waals surface area (Å²) < 4.78 is 0. The van der Waals surface area contributed by atoms with E-state index in [0.29, 0.717) is 5.38 Å². The first-order chi connectivity index (χ1) is 8.38. The monoisotopic (exact) mass is 487 g/mol. The van der Waals surface area contributed by atoms with Crippen molar-refractivity contribution in [3.8, 4) is 0 Å². The minimum Gasteiger partial charge on any atom is -0.668 e. The summed E-state index contributed by atoms with van der Waals surface area (Å²) in [6.07, 6.45) is 3.88. The van der Waals surface area contributed by atoms with Crippen LogP contribution in [0.4, 0.5) is 0 Å². The van der Waals surface area contributed by atoms with Crippen LogP contribution in [-0.2, 0) is 25.8 Å². The first kappa shape index (κ1) is 29.3. The summed E-state index contributed by atoms with van der Waals surface area (Å²) in [5, 5.41) is 7.44. The number of alkyl halides is 1. The van der Waals surface area contributed by atoms with Gasteiger partial charge in [-0.25, -0.2) is 0 Å². The van der Waals surface area contributed by atoms with Crippen LogP contribution < -0.4 is 0 Å². The van der Waals surface area contributed by atoms with Crippen molar-refractivity contribution in [1.29, 1.82) is 0 Å². The van der Waals surface area contributed by atoms with Crippen LogP contribution in [0.5, 0.6) is 0 Å². The second-order valence-corrected chi connectivity index (χ2v) is 10.4. The molecule has 0 spiro atoms. The largest absolute Gasteiger partial charge is 4.00 e. The van der Waals surface area contributed by atoms with Crippen molar-refractivity contribution in [3.05, 3.63) is 23.0 Å². The predicted octanol–water partition coefficient (Wildman–Crippen LogP) is 5.29. The zero-order valence-electron chi connectivity index (χ0n) is 14.7. The zero-order valence-corrected chi connectivity index (χ0v) is 20.1. The summed E-state index contributed by atoms with van der Waals surface area (Å²) in [7, 11) is 7.72. The average molecular weight is 486 g/mol. The molecule has 0 aromatic rings. The van der Waals surface area contributed by atoms with Gasteiger partial charge >= 0.3 is 25.8 Å². The van der Waals surface area contributed by atoms with Crippen LogP contribution in [-0.4, -0.2) is 48.9 Å². The van der Waals surface area contributed by atoms with E-state index in [9.17, 15) is 0 Å². The van der Waals surface area contributed by atoms with E-state index in [4.69, 9.17) is 11.6 Å². The molecule has 0 aliphatic heterocycles. The predicted molar refractivity (Wildman–Crippen MR) is 95.4 cm³/mol. The van der Waals surface area contributed by atoms with Gasteiger partial charge in [0.15, 0.2) is 0 Å². The maximum Gasteiger partial charge on any atom is 4.00 e. The molecule has 0 radical (unpaired) electrons. The van der Waals surface area contributed by atoms with Gasteiger partial charge in [0.2, 0.25) is 0 Å². The Morgan fingerprint density at radius 3 is 1.65 bits per heavy atom. The van der Waals surface area contributed by atoms with Gasteiger partial charge in [-0.2, -0.15) is 35.2 Å². The fourth-order valence-electron chi connectivity index (χ4n) is 1.95. The van der Waals surface area contributed by atoms with Crippen molar-refractivity contribution in [2.45, 2.75) is 43.8 Å². The van der Waals surface area contributed by atoms with Crippen molar-refractivity contribution < 1.29 is 25.8 Å². The van der Waals surface area contributed by atoms with Crippen LogP contribution in [0.3, 0.4) is 0 Å². The molecule has 0 N–H and O–H groups in total. The van der Waals surface area contributed by atoms with E-state index in [1.165, 1.54) is 25.3 Å². The van der Waals surface area contributed by atoms with Gasteiger partial charge in [-0.3, -0.25) is 0 Å². The molecule has 2 atom stereocenters. The van der Waals surface area contributed by atoms with Crippen molar-refractivity contribution in [1.82, 2.24) is 0 Å². The van der Waals surface area contributed by atoms with Crippen molar-refractivity contribution in [2.75, 3.05) is 35.2 Å². The minimum absolute atomic E-state index is 0. The summed E-state index contributed by atoms with van der Waals surface area (Å²) in [6, 6.07) is 1.29. The molecule has 1 rings (SSSR count). The second kappa shape index (κ2) is 18.3. The van der Waals surface area contributed by atoms with Gasteiger partial charge in [0, 0.05) is 5.38 Å². The van der Waals surface area contributed by atoms with Gasteiger partial charge in [0.1, 0.15) is 0 Å². The van der Waals surface area contributed by atoms with E-state index in [0.717, 1.165) is 5.92 Å². The van der Waals surface area contributed by atoms with E-state index in [2.05, 4.69) is 28.7 Å². The van der Waals surface area contributed by atoms with Crippen LogP contribution in [0.2, 0.25) is 19.1 Å². The Labute approximate surface area is 153 Å².